The number of hydrogen-bond donors (Lipinski definition) is 0. The molecule has 1 aromatic heterocycles. The molecule has 0 aliphatic carbocycles. The second kappa shape index (κ2) is 9.81. The van der Waals surface area contributed by atoms with Crippen molar-refractivity contribution in [2.45, 2.75) is 39.9 Å². The number of ether oxygens (including phenoxy) is 2. The normalized spacial score (nSPS) is 12.1. The van der Waals surface area contributed by atoms with Gasteiger partial charge in [0.05, 0.1) is 6.54 Å². The molecule has 0 unspecified atom stereocenters. The maximum Gasteiger partial charge on any atom is 0.254 e. The Labute approximate surface area is 193 Å². The van der Waals surface area contributed by atoms with Gasteiger partial charge in [-0.25, -0.2) is 0 Å². The van der Waals surface area contributed by atoms with E-state index in [2.05, 4.69) is 0 Å². The van der Waals surface area contributed by atoms with Gasteiger partial charge in [0, 0.05) is 18.2 Å². The van der Waals surface area contributed by atoms with E-state index in [1.165, 1.54) is 0 Å². The van der Waals surface area contributed by atoms with E-state index >= 15 is 0 Å². The number of carbonyl (C=O) groups excluding carboxylic acids is 2. The smallest absolute Gasteiger partial charge is 0.254 e. The minimum absolute atomic E-state index is 0.0442. The van der Waals surface area contributed by atoms with E-state index in [0.29, 0.717) is 35.9 Å². The van der Waals surface area contributed by atoms with E-state index in [1.54, 1.807) is 28.0 Å². The predicted octanol–water partition coefficient (Wildman–Crippen LogP) is 4.40. The second-order valence-electron chi connectivity index (χ2n) is 8.34. The lowest BCUT2D eigenvalue weighted by Gasteiger charge is -2.30. The van der Waals surface area contributed by atoms with Gasteiger partial charge in [-0.1, -0.05) is 30.3 Å². The summed E-state index contributed by atoms with van der Waals surface area (Å²) in [5.74, 6) is 2.26. The van der Waals surface area contributed by atoms with Crippen LogP contribution in [0.15, 0.2) is 65.1 Å². The first-order chi connectivity index (χ1) is 15.9. The summed E-state index contributed by atoms with van der Waals surface area (Å²) in [6.45, 7) is 6.51. The zero-order chi connectivity index (χ0) is 23.4. The van der Waals surface area contributed by atoms with E-state index in [-0.39, 0.29) is 31.2 Å². The van der Waals surface area contributed by atoms with Crippen LogP contribution in [0.25, 0.3) is 0 Å². The Balaban J connectivity index is 1.53. The summed E-state index contributed by atoms with van der Waals surface area (Å²) in [6.07, 6.45) is 0. The summed E-state index contributed by atoms with van der Waals surface area (Å²) in [5, 5.41) is 0. The highest BCUT2D eigenvalue weighted by atomic mass is 16.7. The number of benzene rings is 2. The molecule has 0 fully saturated rings. The van der Waals surface area contributed by atoms with E-state index in [0.717, 1.165) is 11.3 Å². The van der Waals surface area contributed by atoms with Gasteiger partial charge in [-0.05, 0) is 56.7 Å². The molecule has 0 spiro atoms. The quantitative estimate of drug-likeness (QED) is 0.511. The third-order valence-electron chi connectivity index (χ3n) is 5.52. The van der Waals surface area contributed by atoms with Crippen molar-refractivity contribution < 1.29 is 23.5 Å². The number of furan rings is 1. The van der Waals surface area contributed by atoms with Gasteiger partial charge in [-0.3, -0.25) is 9.59 Å². The van der Waals surface area contributed by atoms with Gasteiger partial charge < -0.3 is 23.7 Å². The molecule has 33 heavy (non-hydrogen) atoms. The minimum Gasteiger partial charge on any atom is -0.464 e. The van der Waals surface area contributed by atoms with Crippen LogP contribution in [0, 0.1) is 6.92 Å². The third kappa shape index (κ3) is 5.37. The Morgan fingerprint density at radius 2 is 1.70 bits per heavy atom. The van der Waals surface area contributed by atoms with Gasteiger partial charge in [0.15, 0.2) is 11.5 Å². The molecule has 0 bridgehead atoms. The van der Waals surface area contributed by atoms with Crippen LogP contribution in [0.4, 0.5) is 0 Å². The Kier molecular flexibility index (Phi) is 6.68. The number of fused-ring (bicyclic) bond motifs is 1. The second-order valence-corrected chi connectivity index (χ2v) is 8.34. The fourth-order valence-corrected chi connectivity index (χ4v) is 3.72. The third-order valence-corrected chi connectivity index (χ3v) is 5.52. The fourth-order valence-electron chi connectivity index (χ4n) is 3.72. The molecular weight excluding hydrogens is 420 g/mol. The highest BCUT2D eigenvalue weighted by Gasteiger charge is 2.26. The first-order valence-electron chi connectivity index (χ1n) is 11.0. The molecule has 2 aromatic carbocycles. The molecule has 2 amide bonds. The van der Waals surface area contributed by atoms with Crippen molar-refractivity contribution in [3.63, 3.8) is 0 Å². The minimum atomic E-state index is -0.231. The van der Waals surface area contributed by atoms with Crippen LogP contribution in [-0.4, -0.2) is 41.0 Å². The van der Waals surface area contributed by atoms with E-state index in [4.69, 9.17) is 13.9 Å². The monoisotopic (exact) mass is 448 g/mol. The number of carbonyl (C=O) groups is 2. The molecule has 0 saturated heterocycles. The largest absolute Gasteiger partial charge is 0.464 e. The average molecular weight is 449 g/mol. The van der Waals surface area contributed by atoms with Crippen molar-refractivity contribution in [2.24, 2.45) is 0 Å². The van der Waals surface area contributed by atoms with Crippen LogP contribution in [-0.2, 0) is 17.9 Å². The first-order valence-corrected chi connectivity index (χ1v) is 11.0. The SMILES string of the molecule is Cc1ccc(CN(Cc2ccccc2)C(=O)CN(C(=O)c2ccc3c(c2)OCO3)C(C)C)o1. The average Bonchev–Trinajstić information content (AvgIpc) is 3.44. The molecule has 1 aliphatic heterocycles. The number of hydrogen-bond acceptors (Lipinski definition) is 5. The highest BCUT2D eigenvalue weighted by Crippen LogP contribution is 2.33. The van der Waals surface area contributed by atoms with E-state index in [9.17, 15) is 9.59 Å². The summed E-state index contributed by atoms with van der Waals surface area (Å²) in [5.41, 5.74) is 1.46. The molecule has 0 radical (unpaired) electrons. The standard InChI is InChI=1S/C26H28N2O5/c1-18(2)28(26(30)21-10-12-23-24(13-21)32-17-31-23)16-25(29)27(14-20-7-5-4-6-8-20)15-22-11-9-19(3)33-22/h4-13,18H,14-17H2,1-3H3. The molecule has 4 rings (SSSR count). The summed E-state index contributed by atoms with van der Waals surface area (Å²) >= 11 is 0. The van der Waals surface area contributed by atoms with Crippen LogP contribution < -0.4 is 9.47 Å². The van der Waals surface area contributed by atoms with Crippen LogP contribution in [0.5, 0.6) is 11.5 Å². The lowest BCUT2D eigenvalue weighted by molar-refractivity contribution is -0.133. The molecule has 0 saturated carbocycles. The van der Waals surface area contributed by atoms with Gasteiger partial charge in [0.1, 0.15) is 18.1 Å². The molecule has 172 valence electrons. The van der Waals surface area contributed by atoms with Gasteiger partial charge in [0.25, 0.3) is 5.91 Å². The molecule has 7 nitrogen and oxygen atoms in total. The molecule has 0 atom stereocenters. The Morgan fingerprint density at radius 1 is 0.939 bits per heavy atom. The maximum absolute atomic E-state index is 13.4. The molecule has 1 aliphatic rings. The van der Waals surface area contributed by atoms with Gasteiger partial charge in [0.2, 0.25) is 12.7 Å². The lowest BCUT2D eigenvalue weighted by Crippen LogP contribution is -2.45. The number of nitrogens with zero attached hydrogens (tertiary/aromatic N) is 2. The molecule has 2 heterocycles. The Morgan fingerprint density at radius 3 is 2.39 bits per heavy atom. The van der Waals surface area contributed by atoms with E-state index in [1.807, 2.05) is 63.2 Å². The van der Waals surface area contributed by atoms with E-state index < -0.39 is 0 Å². The van der Waals surface area contributed by atoms with Crippen molar-refractivity contribution in [3.05, 3.63) is 83.3 Å². The van der Waals surface area contributed by atoms with Gasteiger partial charge in [-0.2, -0.15) is 0 Å². The van der Waals surface area contributed by atoms with Crippen LogP contribution in [0.2, 0.25) is 0 Å². The van der Waals surface area contributed by atoms with Crippen LogP contribution in [0.3, 0.4) is 0 Å². The summed E-state index contributed by atoms with van der Waals surface area (Å²) in [6, 6.07) is 18.4. The molecular formula is C26H28N2O5. The van der Waals surface area contributed by atoms with Crippen molar-refractivity contribution in [1.82, 2.24) is 9.80 Å². The van der Waals surface area contributed by atoms with Crippen molar-refractivity contribution >= 4 is 11.8 Å². The predicted molar refractivity (Wildman–Crippen MR) is 123 cm³/mol. The number of aryl methyl sites for hydroxylation is 1. The lowest BCUT2D eigenvalue weighted by atomic mass is 10.1. The number of rotatable bonds is 8. The highest BCUT2D eigenvalue weighted by molar-refractivity contribution is 5.97. The summed E-state index contributed by atoms with van der Waals surface area (Å²) in [7, 11) is 0. The van der Waals surface area contributed by atoms with Crippen molar-refractivity contribution in [3.8, 4) is 11.5 Å². The maximum atomic E-state index is 13.4. The van der Waals surface area contributed by atoms with Gasteiger partial charge in [-0.15, -0.1) is 0 Å². The van der Waals surface area contributed by atoms with Crippen LogP contribution in [0.1, 0.15) is 41.3 Å². The number of amides is 2. The molecule has 3 aromatic rings. The first kappa shape index (κ1) is 22.5. The molecule has 7 heteroatoms. The molecule has 0 N–H and O–H groups in total. The summed E-state index contributed by atoms with van der Waals surface area (Å²) < 4.78 is 16.5. The summed E-state index contributed by atoms with van der Waals surface area (Å²) in [4.78, 5) is 30.0. The fraction of sp³-hybridized carbons (Fsp3) is 0.308. The van der Waals surface area contributed by atoms with Crippen molar-refractivity contribution in [1.29, 1.82) is 0 Å². The van der Waals surface area contributed by atoms with Crippen LogP contribution >= 0.6 is 0 Å². The van der Waals surface area contributed by atoms with Crippen molar-refractivity contribution in [2.75, 3.05) is 13.3 Å². The zero-order valence-corrected chi connectivity index (χ0v) is 19.1. The Hall–Kier alpha value is -3.74. The zero-order valence-electron chi connectivity index (χ0n) is 19.1. The van der Waals surface area contributed by atoms with Gasteiger partial charge >= 0.3 is 0 Å². The topological polar surface area (TPSA) is 72.2 Å². The Bertz CT molecular complexity index is 1120.